The minimum atomic E-state index is 0.518. The van der Waals surface area contributed by atoms with Crippen LogP contribution in [0.2, 0.25) is 0 Å². The van der Waals surface area contributed by atoms with Gasteiger partial charge in [-0.1, -0.05) is 0 Å². The molecule has 0 radical (unpaired) electrons. The van der Waals surface area contributed by atoms with Crippen LogP contribution in [-0.2, 0) is 13.5 Å². The first-order chi connectivity index (χ1) is 9.60. The summed E-state index contributed by atoms with van der Waals surface area (Å²) in [4.78, 5) is 9.12. The molecule has 3 rings (SSSR count). The fourth-order valence-corrected chi connectivity index (χ4v) is 2.79. The zero-order valence-corrected chi connectivity index (χ0v) is 13.5. The fraction of sp³-hybridized carbons (Fsp3) is 0.308. The molecule has 0 aliphatic heterocycles. The van der Waals surface area contributed by atoms with Gasteiger partial charge in [0.15, 0.2) is 5.65 Å². The maximum absolute atomic E-state index is 5.90. The number of pyridine rings is 1. The predicted octanol–water partition coefficient (Wildman–Crippen LogP) is 3.01. The highest BCUT2D eigenvalue weighted by atomic mass is 79.9. The van der Waals surface area contributed by atoms with Gasteiger partial charge >= 0.3 is 0 Å². The number of halogens is 2. The lowest BCUT2D eigenvalue weighted by Crippen LogP contribution is -2.03. The van der Waals surface area contributed by atoms with Gasteiger partial charge in [-0.3, -0.25) is 9.25 Å². The van der Waals surface area contributed by atoms with Crippen LogP contribution in [0, 0.1) is 6.92 Å². The van der Waals surface area contributed by atoms with E-state index in [0.717, 1.165) is 32.8 Å². The molecule has 3 heterocycles. The number of hydrogen-bond donors (Lipinski definition) is 0. The van der Waals surface area contributed by atoms with Crippen LogP contribution in [0.3, 0.4) is 0 Å². The molecule has 5 nitrogen and oxygen atoms in total. The minimum Gasteiger partial charge on any atom is -0.277 e. The van der Waals surface area contributed by atoms with Gasteiger partial charge in [-0.25, -0.2) is 9.97 Å². The average molecular weight is 355 g/mol. The lowest BCUT2D eigenvalue weighted by Gasteiger charge is -2.05. The third-order valence-corrected chi connectivity index (χ3v) is 3.70. The standard InChI is InChI=1S/C13H13BrClN5/c1-8-11(7-19(2)18-8)20-12(3-4-15)17-10-5-9(14)6-16-13(10)20/h5-7H,3-4H2,1-2H3. The molecule has 0 unspecified atom stereocenters. The molecule has 0 atom stereocenters. The van der Waals surface area contributed by atoms with Crippen LogP contribution in [0.15, 0.2) is 22.9 Å². The number of rotatable bonds is 3. The number of imidazole rings is 1. The van der Waals surface area contributed by atoms with Crippen LogP contribution in [0.25, 0.3) is 16.9 Å². The van der Waals surface area contributed by atoms with E-state index in [-0.39, 0.29) is 0 Å². The first-order valence-electron chi connectivity index (χ1n) is 6.19. The van der Waals surface area contributed by atoms with E-state index in [1.54, 1.807) is 10.9 Å². The lowest BCUT2D eigenvalue weighted by atomic mass is 10.3. The molecule has 0 fully saturated rings. The zero-order chi connectivity index (χ0) is 14.3. The van der Waals surface area contributed by atoms with Gasteiger partial charge < -0.3 is 0 Å². The summed E-state index contributed by atoms with van der Waals surface area (Å²) < 4.78 is 4.74. The van der Waals surface area contributed by atoms with E-state index >= 15 is 0 Å². The first kappa shape index (κ1) is 13.6. The van der Waals surface area contributed by atoms with Crippen molar-refractivity contribution in [1.29, 1.82) is 0 Å². The summed E-state index contributed by atoms with van der Waals surface area (Å²) in [7, 11) is 1.90. The van der Waals surface area contributed by atoms with Gasteiger partial charge in [0.25, 0.3) is 0 Å². The normalized spacial score (nSPS) is 11.4. The van der Waals surface area contributed by atoms with Crippen molar-refractivity contribution in [3.8, 4) is 5.69 Å². The molecule has 3 aromatic rings. The van der Waals surface area contributed by atoms with E-state index in [1.807, 2.05) is 30.8 Å². The van der Waals surface area contributed by atoms with Gasteiger partial charge in [0.05, 0.1) is 11.4 Å². The van der Waals surface area contributed by atoms with Crippen molar-refractivity contribution >= 4 is 38.7 Å². The maximum Gasteiger partial charge on any atom is 0.164 e. The van der Waals surface area contributed by atoms with Gasteiger partial charge in [-0.2, -0.15) is 5.10 Å². The largest absolute Gasteiger partial charge is 0.277 e. The third-order valence-electron chi connectivity index (χ3n) is 3.08. The third kappa shape index (κ3) is 2.23. The second-order valence-electron chi connectivity index (χ2n) is 4.57. The van der Waals surface area contributed by atoms with Gasteiger partial charge in [-0.15, -0.1) is 11.6 Å². The van der Waals surface area contributed by atoms with Gasteiger partial charge in [0.1, 0.15) is 11.3 Å². The number of aromatic nitrogens is 5. The number of fused-ring (bicyclic) bond motifs is 1. The van der Waals surface area contributed by atoms with Crippen molar-refractivity contribution in [3.05, 3.63) is 34.5 Å². The molecular weight excluding hydrogens is 342 g/mol. The van der Waals surface area contributed by atoms with Crippen molar-refractivity contribution in [2.45, 2.75) is 13.3 Å². The SMILES string of the molecule is Cc1nn(C)cc1-n1c(CCCl)nc2cc(Br)cnc21. The summed E-state index contributed by atoms with van der Waals surface area (Å²) in [5, 5.41) is 4.39. The molecule has 20 heavy (non-hydrogen) atoms. The molecule has 0 saturated carbocycles. The summed E-state index contributed by atoms with van der Waals surface area (Å²) >= 11 is 9.32. The van der Waals surface area contributed by atoms with Crippen LogP contribution in [0.1, 0.15) is 11.5 Å². The van der Waals surface area contributed by atoms with Crippen LogP contribution < -0.4 is 0 Å². The first-order valence-corrected chi connectivity index (χ1v) is 7.52. The van der Waals surface area contributed by atoms with Crippen molar-refractivity contribution in [3.63, 3.8) is 0 Å². The quantitative estimate of drug-likeness (QED) is 0.679. The van der Waals surface area contributed by atoms with E-state index in [2.05, 4.69) is 31.0 Å². The van der Waals surface area contributed by atoms with Gasteiger partial charge in [0.2, 0.25) is 0 Å². The van der Waals surface area contributed by atoms with Crippen molar-refractivity contribution in [2.75, 3.05) is 5.88 Å². The Morgan fingerprint density at radius 3 is 2.85 bits per heavy atom. The fourth-order valence-electron chi connectivity index (χ4n) is 2.30. The molecule has 0 aliphatic rings. The number of aryl methyl sites for hydroxylation is 3. The monoisotopic (exact) mass is 353 g/mol. The molecule has 3 aromatic heterocycles. The summed E-state index contributed by atoms with van der Waals surface area (Å²) in [5.74, 6) is 1.42. The van der Waals surface area contributed by atoms with Crippen LogP contribution in [-0.4, -0.2) is 30.2 Å². The maximum atomic E-state index is 5.90. The molecule has 0 bridgehead atoms. The molecule has 104 valence electrons. The minimum absolute atomic E-state index is 0.518. The van der Waals surface area contributed by atoms with Gasteiger partial charge in [-0.05, 0) is 28.9 Å². The van der Waals surface area contributed by atoms with Crippen LogP contribution in [0.5, 0.6) is 0 Å². The Morgan fingerprint density at radius 1 is 1.40 bits per heavy atom. The van der Waals surface area contributed by atoms with Crippen molar-refractivity contribution in [2.24, 2.45) is 7.05 Å². The smallest absolute Gasteiger partial charge is 0.164 e. The Balaban J connectivity index is 2.31. The Hall–Kier alpha value is -1.40. The zero-order valence-electron chi connectivity index (χ0n) is 11.1. The van der Waals surface area contributed by atoms with Gasteiger partial charge in [0, 0.05) is 36.2 Å². The molecule has 0 aromatic carbocycles. The molecule has 0 N–H and O–H groups in total. The van der Waals surface area contributed by atoms with E-state index in [9.17, 15) is 0 Å². The Kier molecular flexibility index (Phi) is 3.52. The summed E-state index contributed by atoms with van der Waals surface area (Å²) in [6.07, 6.45) is 4.43. The second kappa shape index (κ2) is 5.18. The average Bonchev–Trinajstić information content (AvgIpc) is 2.89. The molecule has 0 saturated heterocycles. The topological polar surface area (TPSA) is 48.5 Å². The van der Waals surface area contributed by atoms with Crippen LogP contribution in [0.4, 0.5) is 0 Å². The Bertz CT molecular complexity index is 777. The highest BCUT2D eigenvalue weighted by molar-refractivity contribution is 9.10. The van der Waals surface area contributed by atoms with Crippen molar-refractivity contribution < 1.29 is 0 Å². The highest BCUT2D eigenvalue weighted by Crippen LogP contribution is 2.24. The molecule has 0 amide bonds. The lowest BCUT2D eigenvalue weighted by molar-refractivity contribution is 0.756. The summed E-state index contributed by atoms with van der Waals surface area (Å²) in [5.41, 5.74) is 3.60. The van der Waals surface area contributed by atoms with Crippen molar-refractivity contribution in [1.82, 2.24) is 24.3 Å². The van der Waals surface area contributed by atoms with E-state index < -0.39 is 0 Å². The summed E-state index contributed by atoms with van der Waals surface area (Å²) in [6, 6.07) is 1.96. The number of nitrogens with zero attached hydrogens (tertiary/aromatic N) is 5. The molecular formula is C13H13BrClN5. The van der Waals surface area contributed by atoms with E-state index in [4.69, 9.17) is 11.6 Å². The molecule has 0 aliphatic carbocycles. The van der Waals surface area contributed by atoms with E-state index in [0.29, 0.717) is 12.3 Å². The number of alkyl halides is 1. The predicted molar refractivity (Wildman–Crippen MR) is 82.5 cm³/mol. The Labute approximate surface area is 129 Å². The van der Waals surface area contributed by atoms with E-state index in [1.165, 1.54) is 0 Å². The molecule has 7 heteroatoms. The summed E-state index contributed by atoms with van der Waals surface area (Å²) in [6.45, 7) is 1.98. The number of hydrogen-bond acceptors (Lipinski definition) is 3. The molecule has 0 spiro atoms. The Morgan fingerprint density at radius 2 is 2.20 bits per heavy atom. The highest BCUT2D eigenvalue weighted by Gasteiger charge is 2.16. The van der Waals surface area contributed by atoms with Crippen LogP contribution >= 0.6 is 27.5 Å². The second-order valence-corrected chi connectivity index (χ2v) is 5.87.